The van der Waals surface area contributed by atoms with E-state index in [9.17, 15) is 5.11 Å². The highest BCUT2D eigenvalue weighted by molar-refractivity contribution is 5.22. The van der Waals surface area contributed by atoms with E-state index in [1.807, 2.05) is 6.92 Å². The van der Waals surface area contributed by atoms with Gasteiger partial charge >= 0.3 is 0 Å². The molecule has 1 heteroatoms. The molecule has 11 heavy (non-hydrogen) atoms. The summed E-state index contributed by atoms with van der Waals surface area (Å²) in [6, 6.07) is 0. The molecule has 1 aliphatic rings. The van der Waals surface area contributed by atoms with Crippen molar-refractivity contribution >= 4 is 0 Å². The fraction of sp³-hybridized carbons (Fsp3) is 0.600. The SMILES string of the molecule is CCC(O)CC1=CCCC=C1. The number of aliphatic hydroxyl groups is 1. The van der Waals surface area contributed by atoms with Crippen molar-refractivity contribution in [2.45, 2.75) is 38.7 Å². The normalized spacial score (nSPS) is 19.6. The van der Waals surface area contributed by atoms with Gasteiger partial charge in [0.15, 0.2) is 0 Å². The maximum atomic E-state index is 9.34. The van der Waals surface area contributed by atoms with Gasteiger partial charge in [-0.3, -0.25) is 0 Å². The summed E-state index contributed by atoms with van der Waals surface area (Å²) in [4.78, 5) is 0. The zero-order valence-corrected chi connectivity index (χ0v) is 7.09. The minimum atomic E-state index is -0.149. The van der Waals surface area contributed by atoms with E-state index in [1.54, 1.807) is 0 Å². The van der Waals surface area contributed by atoms with Gasteiger partial charge in [-0.25, -0.2) is 0 Å². The molecule has 0 saturated carbocycles. The van der Waals surface area contributed by atoms with Crippen LogP contribution in [0.1, 0.15) is 32.6 Å². The Kier molecular flexibility index (Phi) is 3.37. The lowest BCUT2D eigenvalue weighted by molar-refractivity contribution is 0.171. The van der Waals surface area contributed by atoms with Gasteiger partial charge in [-0.15, -0.1) is 0 Å². The van der Waals surface area contributed by atoms with Crippen LogP contribution >= 0.6 is 0 Å². The molecule has 0 aromatic rings. The molecule has 1 atom stereocenters. The van der Waals surface area contributed by atoms with Crippen LogP contribution in [0.5, 0.6) is 0 Å². The first kappa shape index (κ1) is 8.54. The fourth-order valence-electron chi connectivity index (χ4n) is 1.24. The number of rotatable bonds is 3. The molecule has 0 heterocycles. The maximum Gasteiger partial charge on any atom is 0.0577 e. The third kappa shape index (κ3) is 2.89. The van der Waals surface area contributed by atoms with Crippen LogP contribution in [0.2, 0.25) is 0 Å². The third-order valence-corrected chi connectivity index (χ3v) is 2.01. The lowest BCUT2D eigenvalue weighted by Crippen LogP contribution is -2.05. The van der Waals surface area contributed by atoms with Crippen LogP contribution in [0.15, 0.2) is 23.8 Å². The highest BCUT2D eigenvalue weighted by Gasteiger charge is 2.03. The van der Waals surface area contributed by atoms with E-state index in [0.29, 0.717) is 0 Å². The summed E-state index contributed by atoms with van der Waals surface area (Å²) in [6.45, 7) is 2.01. The molecule has 0 fully saturated rings. The molecular formula is C10H16O. The van der Waals surface area contributed by atoms with E-state index in [1.165, 1.54) is 5.57 Å². The highest BCUT2D eigenvalue weighted by atomic mass is 16.3. The van der Waals surface area contributed by atoms with Crippen LogP contribution in [0.4, 0.5) is 0 Å². The first-order chi connectivity index (χ1) is 5.33. The molecular weight excluding hydrogens is 136 g/mol. The van der Waals surface area contributed by atoms with E-state index in [0.717, 1.165) is 25.7 Å². The number of hydrogen-bond acceptors (Lipinski definition) is 1. The molecule has 0 aromatic heterocycles. The van der Waals surface area contributed by atoms with Crippen molar-refractivity contribution in [2.75, 3.05) is 0 Å². The van der Waals surface area contributed by atoms with Gasteiger partial charge in [-0.2, -0.15) is 0 Å². The summed E-state index contributed by atoms with van der Waals surface area (Å²) < 4.78 is 0. The minimum Gasteiger partial charge on any atom is -0.393 e. The highest BCUT2D eigenvalue weighted by Crippen LogP contribution is 2.15. The fourth-order valence-corrected chi connectivity index (χ4v) is 1.24. The minimum absolute atomic E-state index is 0.149. The van der Waals surface area contributed by atoms with E-state index in [-0.39, 0.29) is 6.10 Å². The molecule has 0 radical (unpaired) electrons. The van der Waals surface area contributed by atoms with Gasteiger partial charge in [-0.1, -0.05) is 25.2 Å². The standard InChI is InChI=1S/C10H16O/c1-2-10(11)8-9-6-4-3-5-7-9/h4,6-7,10-11H,2-3,5,8H2,1H3. The van der Waals surface area contributed by atoms with Crippen molar-refractivity contribution in [2.24, 2.45) is 0 Å². The van der Waals surface area contributed by atoms with Crippen LogP contribution in [0.25, 0.3) is 0 Å². The van der Waals surface area contributed by atoms with Crippen molar-refractivity contribution in [1.29, 1.82) is 0 Å². The topological polar surface area (TPSA) is 20.2 Å². The Hall–Kier alpha value is -0.560. The van der Waals surface area contributed by atoms with E-state index < -0.39 is 0 Å². The monoisotopic (exact) mass is 152 g/mol. The Morgan fingerprint density at radius 3 is 2.91 bits per heavy atom. The largest absolute Gasteiger partial charge is 0.393 e. The molecule has 0 aromatic carbocycles. The second-order valence-electron chi connectivity index (χ2n) is 3.02. The Morgan fingerprint density at radius 2 is 2.36 bits per heavy atom. The Bertz CT molecular complexity index is 168. The lowest BCUT2D eigenvalue weighted by atomic mass is 10.0. The summed E-state index contributed by atoms with van der Waals surface area (Å²) in [5.41, 5.74) is 1.30. The lowest BCUT2D eigenvalue weighted by Gasteiger charge is -2.10. The van der Waals surface area contributed by atoms with E-state index in [2.05, 4.69) is 18.2 Å². The molecule has 1 unspecified atom stereocenters. The maximum absolute atomic E-state index is 9.34. The second kappa shape index (κ2) is 4.35. The average molecular weight is 152 g/mol. The van der Waals surface area contributed by atoms with Gasteiger partial charge in [0, 0.05) is 0 Å². The van der Waals surface area contributed by atoms with Crippen LogP contribution in [0.3, 0.4) is 0 Å². The Balaban J connectivity index is 2.36. The summed E-state index contributed by atoms with van der Waals surface area (Å²) in [5, 5.41) is 9.34. The summed E-state index contributed by atoms with van der Waals surface area (Å²) in [5.74, 6) is 0. The molecule has 0 bridgehead atoms. The van der Waals surface area contributed by atoms with Crippen LogP contribution in [-0.2, 0) is 0 Å². The summed E-state index contributed by atoms with van der Waals surface area (Å²) in [7, 11) is 0. The molecule has 62 valence electrons. The molecule has 0 amide bonds. The summed E-state index contributed by atoms with van der Waals surface area (Å²) in [6.07, 6.45) is 10.4. The molecule has 0 spiro atoms. The predicted octanol–water partition coefficient (Wildman–Crippen LogP) is 2.42. The predicted molar refractivity (Wildman–Crippen MR) is 47.4 cm³/mol. The zero-order valence-electron chi connectivity index (χ0n) is 7.09. The van der Waals surface area contributed by atoms with Crippen LogP contribution in [-0.4, -0.2) is 11.2 Å². The average Bonchev–Trinajstić information content (AvgIpc) is 2.06. The van der Waals surface area contributed by atoms with Crippen molar-refractivity contribution in [1.82, 2.24) is 0 Å². The number of hydrogen-bond donors (Lipinski definition) is 1. The van der Waals surface area contributed by atoms with Gasteiger partial charge in [0.1, 0.15) is 0 Å². The Morgan fingerprint density at radius 1 is 1.55 bits per heavy atom. The quantitative estimate of drug-likeness (QED) is 0.658. The molecule has 1 rings (SSSR count). The smallest absolute Gasteiger partial charge is 0.0577 e. The van der Waals surface area contributed by atoms with Crippen LogP contribution in [0, 0.1) is 0 Å². The van der Waals surface area contributed by atoms with Gasteiger partial charge in [0.05, 0.1) is 6.10 Å². The second-order valence-corrected chi connectivity index (χ2v) is 3.02. The van der Waals surface area contributed by atoms with Crippen LogP contribution < -0.4 is 0 Å². The molecule has 1 N–H and O–H groups in total. The summed E-state index contributed by atoms with van der Waals surface area (Å²) >= 11 is 0. The molecule has 0 saturated heterocycles. The van der Waals surface area contributed by atoms with Crippen molar-refractivity contribution in [3.05, 3.63) is 23.8 Å². The first-order valence-electron chi connectivity index (χ1n) is 4.36. The first-order valence-corrected chi connectivity index (χ1v) is 4.36. The van der Waals surface area contributed by atoms with Gasteiger partial charge < -0.3 is 5.11 Å². The van der Waals surface area contributed by atoms with Crippen molar-refractivity contribution in [3.8, 4) is 0 Å². The molecule has 1 aliphatic carbocycles. The van der Waals surface area contributed by atoms with E-state index in [4.69, 9.17) is 0 Å². The molecule has 0 aliphatic heterocycles. The molecule has 1 nitrogen and oxygen atoms in total. The zero-order chi connectivity index (χ0) is 8.10. The van der Waals surface area contributed by atoms with Gasteiger partial charge in [-0.05, 0) is 31.3 Å². The van der Waals surface area contributed by atoms with Crippen molar-refractivity contribution in [3.63, 3.8) is 0 Å². The number of aliphatic hydroxyl groups excluding tert-OH is 1. The Labute approximate surface area is 68.4 Å². The van der Waals surface area contributed by atoms with Gasteiger partial charge in [0.25, 0.3) is 0 Å². The van der Waals surface area contributed by atoms with Crippen molar-refractivity contribution < 1.29 is 5.11 Å². The van der Waals surface area contributed by atoms with E-state index >= 15 is 0 Å². The van der Waals surface area contributed by atoms with Gasteiger partial charge in [0.2, 0.25) is 0 Å². The third-order valence-electron chi connectivity index (χ3n) is 2.01. The number of allylic oxidation sites excluding steroid dienone is 3.